The lowest BCUT2D eigenvalue weighted by Crippen LogP contribution is -2.53. The maximum Gasteiger partial charge on any atom is 0.325 e. The summed E-state index contributed by atoms with van der Waals surface area (Å²) in [4.78, 5) is 29.5. The van der Waals surface area contributed by atoms with Gasteiger partial charge in [0.2, 0.25) is 0 Å². The fraction of sp³-hybridized carbons (Fsp3) is 0.600. The number of urea groups is 1. The largest absolute Gasteiger partial charge is 0.487 e. The van der Waals surface area contributed by atoms with Crippen LogP contribution >= 0.6 is 0 Å². The molecular weight excluding hydrogens is 349 g/mol. The zero-order valence-electron chi connectivity index (χ0n) is 16.5. The molecule has 1 unspecified atom stereocenters. The molecule has 6 nitrogen and oxygen atoms in total. The van der Waals surface area contributed by atoms with Crippen LogP contribution in [0.3, 0.4) is 0 Å². The van der Waals surface area contributed by atoms with Crippen molar-refractivity contribution in [3.63, 3.8) is 0 Å². The van der Waals surface area contributed by atoms with Gasteiger partial charge in [0.1, 0.15) is 17.2 Å². The number of hydrogen-bond donors (Lipinski definition) is 1. The van der Waals surface area contributed by atoms with E-state index in [1.807, 2.05) is 13.8 Å². The molecule has 27 heavy (non-hydrogen) atoms. The van der Waals surface area contributed by atoms with Crippen LogP contribution in [0.2, 0.25) is 0 Å². The van der Waals surface area contributed by atoms with Crippen molar-refractivity contribution in [3.8, 4) is 5.75 Å². The molecule has 1 fully saturated rings. The SMILES string of the molecule is CCN(CC)CCCN1C(=O)NC2(CC(C)(C)Oc3ccc(F)cc32)C1=O. The highest BCUT2D eigenvalue weighted by Gasteiger charge is 2.58. The molecule has 7 heteroatoms. The van der Waals surface area contributed by atoms with Crippen molar-refractivity contribution >= 4 is 11.9 Å². The fourth-order valence-corrected chi connectivity index (χ4v) is 4.12. The third-order valence-corrected chi connectivity index (χ3v) is 5.40. The van der Waals surface area contributed by atoms with E-state index < -0.39 is 23.0 Å². The van der Waals surface area contributed by atoms with Gasteiger partial charge >= 0.3 is 6.03 Å². The van der Waals surface area contributed by atoms with Gasteiger partial charge in [0.05, 0.1) is 0 Å². The number of carbonyl (C=O) groups is 2. The van der Waals surface area contributed by atoms with Crippen molar-refractivity contribution < 1.29 is 18.7 Å². The molecule has 1 atom stereocenters. The number of rotatable bonds is 6. The highest BCUT2D eigenvalue weighted by molar-refractivity contribution is 6.08. The van der Waals surface area contributed by atoms with E-state index in [2.05, 4.69) is 24.1 Å². The van der Waals surface area contributed by atoms with E-state index in [1.54, 1.807) is 0 Å². The molecule has 0 aliphatic carbocycles. The van der Waals surface area contributed by atoms with Crippen LogP contribution < -0.4 is 10.1 Å². The number of halogens is 1. The van der Waals surface area contributed by atoms with Gasteiger partial charge < -0.3 is 15.0 Å². The van der Waals surface area contributed by atoms with Gasteiger partial charge in [-0.3, -0.25) is 9.69 Å². The number of benzene rings is 1. The number of hydrogen-bond acceptors (Lipinski definition) is 4. The van der Waals surface area contributed by atoms with Crippen molar-refractivity contribution in [1.82, 2.24) is 15.1 Å². The van der Waals surface area contributed by atoms with E-state index in [0.717, 1.165) is 19.6 Å². The maximum absolute atomic E-state index is 13.9. The van der Waals surface area contributed by atoms with E-state index in [-0.39, 0.29) is 12.3 Å². The number of amides is 3. The van der Waals surface area contributed by atoms with Gasteiger partial charge in [-0.2, -0.15) is 0 Å². The minimum absolute atomic E-state index is 0.258. The second kappa shape index (κ2) is 7.11. The Morgan fingerprint density at radius 2 is 1.96 bits per heavy atom. The summed E-state index contributed by atoms with van der Waals surface area (Å²) in [6.07, 6.45) is 0.959. The molecule has 0 radical (unpaired) electrons. The van der Waals surface area contributed by atoms with Crippen molar-refractivity contribution in [2.75, 3.05) is 26.2 Å². The number of ether oxygens (including phenoxy) is 1. The van der Waals surface area contributed by atoms with Crippen LogP contribution in [-0.4, -0.2) is 53.5 Å². The van der Waals surface area contributed by atoms with Crippen LogP contribution in [0.15, 0.2) is 18.2 Å². The Hall–Kier alpha value is -2.15. The molecule has 3 rings (SSSR count). The predicted octanol–water partition coefficient (Wildman–Crippen LogP) is 2.87. The van der Waals surface area contributed by atoms with Crippen molar-refractivity contribution in [2.24, 2.45) is 0 Å². The monoisotopic (exact) mass is 377 g/mol. The van der Waals surface area contributed by atoms with Gasteiger partial charge in [0.15, 0.2) is 5.54 Å². The summed E-state index contributed by atoms with van der Waals surface area (Å²) >= 11 is 0. The highest BCUT2D eigenvalue weighted by atomic mass is 19.1. The van der Waals surface area contributed by atoms with Crippen molar-refractivity contribution in [3.05, 3.63) is 29.6 Å². The van der Waals surface area contributed by atoms with Gasteiger partial charge in [-0.1, -0.05) is 13.8 Å². The first-order chi connectivity index (χ1) is 12.7. The Bertz CT molecular complexity index is 748. The predicted molar refractivity (Wildman–Crippen MR) is 100 cm³/mol. The maximum atomic E-state index is 13.9. The molecule has 1 aromatic rings. The molecule has 1 aromatic carbocycles. The Labute approximate surface area is 159 Å². The summed E-state index contributed by atoms with van der Waals surface area (Å²) in [7, 11) is 0. The summed E-state index contributed by atoms with van der Waals surface area (Å²) in [6.45, 7) is 10.9. The topological polar surface area (TPSA) is 61.9 Å². The first-order valence-corrected chi connectivity index (χ1v) is 9.58. The summed E-state index contributed by atoms with van der Waals surface area (Å²) in [6, 6.07) is 3.70. The van der Waals surface area contributed by atoms with Crippen LogP contribution in [0, 0.1) is 5.82 Å². The van der Waals surface area contributed by atoms with Crippen molar-refractivity contribution in [2.45, 2.75) is 51.7 Å². The molecule has 1 N–H and O–H groups in total. The van der Waals surface area contributed by atoms with E-state index in [1.165, 1.54) is 23.1 Å². The Kier molecular flexibility index (Phi) is 5.16. The van der Waals surface area contributed by atoms with Gasteiger partial charge in [0, 0.05) is 18.5 Å². The lowest BCUT2D eigenvalue weighted by Gasteiger charge is -2.42. The number of fused-ring (bicyclic) bond motifs is 2. The average molecular weight is 377 g/mol. The first kappa shape index (κ1) is 19.6. The smallest absolute Gasteiger partial charge is 0.325 e. The quantitative estimate of drug-likeness (QED) is 0.775. The van der Waals surface area contributed by atoms with Crippen LogP contribution in [0.25, 0.3) is 0 Å². The lowest BCUT2D eigenvalue weighted by atomic mass is 9.77. The molecule has 3 amide bonds. The molecule has 0 saturated carbocycles. The summed E-state index contributed by atoms with van der Waals surface area (Å²) in [5.41, 5.74) is -1.54. The van der Waals surface area contributed by atoms with Gasteiger partial charge in [0.25, 0.3) is 5.91 Å². The van der Waals surface area contributed by atoms with Gasteiger partial charge in [-0.15, -0.1) is 0 Å². The minimum Gasteiger partial charge on any atom is -0.487 e. The second-order valence-electron chi connectivity index (χ2n) is 7.85. The zero-order chi connectivity index (χ0) is 19.8. The van der Waals surface area contributed by atoms with Crippen LogP contribution in [0.5, 0.6) is 5.75 Å². The third kappa shape index (κ3) is 3.52. The summed E-state index contributed by atoms with van der Waals surface area (Å²) in [5.74, 6) is -0.347. The molecule has 2 heterocycles. The molecule has 0 bridgehead atoms. The summed E-state index contributed by atoms with van der Waals surface area (Å²) in [5, 5.41) is 2.85. The Morgan fingerprint density at radius 1 is 1.26 bits per heavy atom. The zero-order valence-corrected chi connectivity index (χ0v) is 16.5. The van der Waals surface area contributed by atoms with Gasteiger partial charge in [-0.05, 0) is 58.1 Å². The van der Waals surface area contributed by atoms with E-state index in [9.17, 15) is 14.0 Å². The lowest BCUT2D eigenvalue weighted by molar-refractivity contribution is -0.134. The van der Waals surface area contributed by atoms with E-state index >= 15 is 0 Å². The molecular formula is C20H28FN3O3. The standard InChI is InChI=1S/C20H28FN3O3/c1-5-23(6-2)10-7-11-24-17(25)20(22-18(24)26)13-19(3,4)27-16-9-8-14(21)12-15(16)20/h8-9,12H,5-7,10-11,13H2,1-4H3,(H,22,26). The van der Waals surface area contributed by atoms with Crippen LogP contribution in [-0.2, 0) is 10.3 Å². The Morgan fingerprint density at radius 3 is 2.63 bits per heavy atom. The summed E-state index contributed by atoms with van der Waals surface area (Å²) < 4.78 is 19.8. The minimum atomic E-state index is -1.27. The van der Waals surface area contributed by atoms with Crippen LogP contribution in [0.1, 0.15) is 46.1 Å². The van der Waals surface area contributed by atoms with Gasteiger partial charge in [-0.25, -0.2) is 9.18 Å². The Balaban J connectivity index is 1.87. The fourth-order valence-electron chi connectivity index (χ4n) is 4.12. The number of nitrogens with one attached hydrogen (secondary N) is 1. The highest BCUT2D eigenvalue weighted by Crippen LogP contribution is 2.46. The molecule has 2 aliphatic rings. The molecule has 1 spiro atoms. The first-order valence-electron chi connectivity index (χ1n) is 9.58. The number of nitrogens with zero attached hydrogens (tertiary/aromatic N) is 2. The van der Waals surface area contributed by atoms with E-state index in [4.69, 9.17) is 4.74 Å². The molecule has 148 valence electrons. The third-order valence-electron chi connectivity index (χ3n) is 5.40. The second-order valence-corrected chi connectivity index (χ2v) is 7.85. The molecule has 2 aliphatic heterocycles. The average Bonchev–Trinajstić information content (AvgIpc) is 2.83. The number of carbonyl (C=O) groups excluding carboxylic acids is 2. The van der Waals surface area contributed by atoms with Crippen LogP contribution in [0.4, 0.5) is 9.18 Å². The van der Waals surface area contributed by atoms with E-state index in [0.29, 0.717) is 24.3 Å². The molecule has 0 aromatic heterocycles. The normalized spacial score (nSPS) is 23.6. The van der Waals surface area contributed by atoms with Crippen molar-refractivity contribution in [1.29, 1.82) is 0 Å². The molecule has 1 saturated heterocycles. The number of imide groups is 1.